The summed E-state index contributed by atoms with van der Waals surface area (Å²) in [6.07, 6.45) is 2.05. The average Bonchev–Trinajstić information content (AvgIpc) is 2.48. The van der Waals surface area contributed by atoms with Crippen LogP contribution in [0.4, 0.5) is 5.69 Å². The lowest BCUT2D eigenvalue weighted by Gasteiger charge is -2.07. The van der Waals surface area contributed by atoms with Crippen LogP contribution in [0.5, 0.6) is 5.75 Å². The van der Waals surface area contributed by atoms with E-state index in [-0.39, 0.29) is 5.91 Å². The largest absolute Gasteiger partial charge is 0.497 e. The van der Waals surface area contributed by atoms with Gasteiger partial charge in [-0.15, -0.1) is 0 Å². The van der Waals surface area contributed by atoms with E-state index < -0.39 is 0 Å². The molecular weight excluding hydrogens is 270 g/mol. The minimum Gasteiger partial charge on any atom is -0.497 e. The Morgan fingerprint density at radius 3 is 2.60 bits per heavy atom. The van der Waals surface area contributed by atoms with E-state index in [1.165, 1.54) is 0 Å². The highest BCUT2D eigenvalue weighted by molar-refractivity contribution is 7.97. The van der Waals surface area contributed by atoms with Gasteiger partial charge in [0.2, 0.25) is 0 Å². The highest BCUT2D eigenvalue weighted by Gasteiger charge is 2.06. The fourth-order valence-corrected chi connectivity index (χ4v) is 2.36. The van der Waals surface area contributed by atoms with Gasteiger partial charge in [-0.1, -0.05) is 12.1 Å². The summed E-state index contributed by atoms with van der Waals surface area (Å²) in [5.41, 5.74) is 2.58. The topological polar surface area (TPSA) is 38.3 Å². The van der Waals surface area contributed by atoms with Crippen LogP contribution >= 0.6 is 11.8 Å². The maximum Gasteiger partial charge on any atom is 0.255 e. The van der Waals surface area contributed by atoms with E-state index >= 15 is 0 Å². The zero-order valence-electron chi connectivity index (χ0n) is 11.6. The van der Waals surface area contributed by atoms with Gasteiger partial charge in [0.05, 0.1) is 7.11 Å². The van der Waals surface area contributed by atoms with Crippen molar-refractivity contribution in [2.45, 2.75) is 5.75 Å². The van der Waals surface area contributed by atoms with Gasteiger partial charge in [0, 0.05) is 17.0 Å². The third kappa shape index (κ3) is 3.78. The van der Waals surface area contributed by atoms with Crippen molar-refractivity contribution in [2.75, 3.05) is 18.7 Å². The van der Waals surface area contributed by atoms with Crippen LogP contribution in [0.2, 0.25) is 0 Å². The molecule has 104 valence electrons. The standard InChI is InChI=1S/C16H17NO2S/c1-19-15-8-6-14(7-9-15)17-16(18)13-5-3-4-12(10-13)11-20-2/h3-10H,11H2,1-2H3,(H,17,18). The molecule has 0 aliphatic rings. The second-order valence-electron chi connectivity index (χ2n) is 4.32. The number of methoxy groups -OCH3 is 1. The third-order valence-corrected chi connectivity index (χ3v) is 3.47. The minimum atomic E-state index is -0.0990. The van der Waals surface area contributed by atoms with Crippen LogP contribution in [0.3, 0.4) is 0 Å². The van der Waals surface area contributed by atoms with E-state index in [9.17, 15) is 4.79 Å². The molecule has 0 aliphatic heterocycles. The predicted molar refractivity (Wildman–Crippen MR) is 84.6 cm³/mol. The SMILES string of the molecule is COc1ccc(NC(=O)c2cccc(CSC)c2)cc1. The van der Waals surface area contributed by atoms with Gasteiger partial charge in [0.1, 0.15) is 5.75 Å². The fraction of sp³-hybridized carbons (Fsp3) is 0.188. The number of rotatable bonds is 5. The van der Waals surface area contributed by atoms with Crippen LogP contribution in [-0.2, 0) is 5.75 Å². The number of thioether (sulfide) groups is 1. The maximum atomic E-state index is 12.2. The number of nitrogens with one attached hydrogen (secondary N) is 1. The Morgan fingerprint density at radius 2 is 1.95 bits per heavy atom. The van der Waals surface area contributed by atoms with E-state index in [2.05, 4.69) is 5.32 Å². The first-order valence-electron chi connectivity index (χ1n) is 6.26. The molecule has 0 radical (unpaired) electrons. The molecule has 20 heavy (non-hydrogen) atoms. The van der Waals surface area contributed by atoms with Crippen LogP contribution < -0.4 is 10.1 Å². The average molecular weight is 287 g/mol. The number of hydrogen-bond donors (Lipinski definition) is 1. The fourth-order valence-electron chi connectivity index (χ4n) is 1.85. The number of anilines is 1. The molecule has 0 heterocycles. The lowest BCUT2D eigenvalue weighted by atomic mass is 10.1. The van der Waals surface area contributed by atoms with Crippen molar-refractivity contribution < 1.29 is 9.53 Å². The zero-order chi connectivity index (χ0) is 14.4. The minimum absolute atomic E-state index is 0.0990. The number of carbonyl (C=O) groups excluding carboxylic acids is 1. The number of hydrogen-bond acceptors (Lipinski definition) is 3. The van der Waals surface area contributed by atoms with Gasteiger partial charge >= 0.3 is 0 Å². The normalized spacial score (nSPS) is 10.1. The lowest BCUT2D eigenvalue weighted by molar-refractivity contribution is 0.102. The van der Waals surface area contributed by atoms with Crippen LogP contribution in [0.15, 0.2) is 48.5 Å². The van der Waals surface area contributed by atoms with Crippen LogP contribution in [0.25, 0.3) is 0 Å². The first-order valence-corrected chi connectivity index (χ1v) is 7.65. The molecule has 1 N–H and O–H groups in total. The number of carbonyl (C=O) groups is 1. The van der Waals surface area contributed by atoms with Crippen LogP contribution in [0.1, 0.15) is 15.9 Å². The van der Waals surface area contributed by atoms with Gasteiger partial charge in [0.25, 0.3) is 5.91 Å². The molecule has 0 spiro atoms. The third-order valence-electron chi connectivity index (χ3n) is 2.85. The Morgan fingerprint density at radius 1 is 1.20 bits per heavy atom. The zero-order valence-corrected chi connectivity index (χ0v) is 12.4. The van der Waals surface area contributed by atoms with Crippen molar-refractivity contribution in [3.8, 4) is 5.75 Å². The number of amides is 1. The lowest BCUT2D eigenvalue weighted by Crippen LogP contribution is -2.12. The molecule has 4 heteroatoms. The maximum absolute atomic E-state index is 12.2. The Balaban J connectivity index is 2.08. The number of benzene rings is 2. The van der Waals surface area contributed by atoms with Gasteiger partial charge in [-0.3, -0.25) is 4.79 Å². The quantitative estimate of drug-likeness (QED) is 0.908. The molecule has 0 saturated heterocycles. The molecule has 1 amide bonds. The van der Waals surface area contributed by atoms with Gasteiger partial charge in [0.15, 0.2) is 0 Å². The first kappa shape index (κ1) is 14.5. The summed E-state index contributed by atoms with van der Waals surface area (Å²) >= 11 is 1.74. The Bertz CT molecular complexity index is 581. The van der Waals surface area contributed by atoms with Gasteiger partial charge < -0.3 is 10.1 Å². The summed E-state index contributed by atoms with van der Waals surface area (Å²) < 4.78 is 5.09. The summed E-state index contributed by atoms with van der Waals surface area (Å²) in [4.78, 5) is 12.2. The summed E-state index contributed by atoms with van der Waals surface area (Å²) in [6.45, 7) is 0. The number of ether oxygens (including phenoxy) is 1. The highest BCUT2D eigenvalue weighted by atomic mass is 32.2. The molecule has 3 nitrogen and oxygen atoms in total. The Labute approximate surface area is 123 Å². The molecule has 2 aromatic rings. The van der Waals surface area contributed by atoms with Crippen molar-refractivity contribution in [2.24, 2.45) is 0 Å². The molecule has 2 aromatic carbocycles. The molecule has 0 aromatic heterocycles. The predicted octanol–water partition coefficient (Wildman–Crippen LogP) is 3.81. The van der Waals surface area contributed by atoms with Crippen LogP contribution in [0, 0.1) is 0 Å². The molecule has 2 rings (SSSR count). The first-order chi connectivity index (χ1) is 9.72. The molecular formula is C16H17NO2S. The van der Waals surface area contributed by atoms with Crippen molar-refractivity contribution in [3.05, 3.63) is 59.7 Å². The second kappa shape index (κ2) is 7.01. The van der Waals surface area contributed by atoms with E-state index in [4.69, 9.17) is 4.74 Å². The van der Waals surface area contributed by atoms with Gasteiger partial charge in [-0.05, 0) is 48.2 Å². The van der Waals surface area contributed by atoms with E-state index in [1.807, 2.05) is 54.8 Å². The van der Waals surface area contributed by atoms with Crippen molar-refractivity contribution in [1.29, 1.82) is 0 Å². The molecule has 0 unspecified atom stereocenters. The summed E-state index contributed by atoms with van der Waals surface area (Å²) in [5.74, 6) is 1.58. The van der Waals surface area contributed by atoms with Crippen molar-refractivity contribution >= 4 is 23.4 Å². The van der Waals surface area contributed by atoms with Gasteiger partial charge in [-0.25, -0.2) is 0 Å². The monoisotopic (exact) mass is 287 g/mol. The van der Waals surface area contributed by atoms with E-state index in [1.54, 1.807) is 18.9 Å². The van der Waals surface area contributed by atoms with Crippen LogP contribution in [-0.4, -0.2) is 19.3 Å². The molecule has 0 fully saturated rings. The summed E-state index contributed by atoms with van der Waals surface area (Å²) in [6, 6.07) is 15.0. The highest BCUT2D eigenvalue weighted by Crippen LogP contribution is 2.17. The van der Waals surface area contributed by atoms with Crippen molar-refractivity contribution in [1.82, 2.24) is 0 Å². The van der Waals surface area contributed by atoms with E-state index in [0.29, 0.717) is 5.56 Å². The summed E-state index contributed by atoms with van der Waals surface area (Å²) in [7, 11) is 1.62. The molecule has 0 aliphatic carbocycles. The second-order valence-corrected chi connectivity index (χ2v) is 5.18. The Kier molecular flexibility index (Phi) is 5.07. The van der Waals surface area contributed by atoms with Gasteiger partial charge in [-0.2, -0.15) is 11.8 Å². The molecule has 0 bridgehead atoms. The van der Waals surface area contributed by atoms with E-state index in [0.717, 1.165) is 22.8 Å². The van der Waals surface area contributed by atoms with Crippen molar-refractivity contribution in [3.63, 3.8) is 0 Å². The molecule has 0 atom stereocenters. The summed E-state index contributed by atoms with van der Waals surface area (Å²) in [5, 5.41) is 2.88. The molecule has 0 saturated carbocycles. The Hall–Kier alpha value is -1.94. The smallest absolute Gasteiger partial charge is 0.255 e.